The quantitative estimate of drug-likeness (QED) is 0.498. The van der Waals surface area contributed by atoms with Crippen molar-refractivity contribution in [3.63, 3.8) is 0 Å². The number of carbonyl (C=O) groups excluding carboxylic acids is 2. The van der Waals surface area contributed by atoms with Crippen molar-refractivity contribution in [2.24, 2.45) is 0 Å². The molecule has 2 amide bonds. The molecule has 0 atom stereocenters. The maximum absolute atomic E-state index is 12.6. The fraction of sp³-hybridized carbons (Fsp3) is 0.0476. The standard InChI is InChI=1S/C21H17BrN2O2S/c1-14-5-4-6-15(13-14)23-21(26)17-7-2-3-8-18(17)24-20(25)12-10-16-9-11-19(22)27-16/h2-13H,1H3,(H,23,26)(H,24,25)/b12-10+. The van der Waals surface area contributed by atoms with Crippen molar-refractivity contribution in [3.05, 3.63) is 86.5 Å². The number of amides is 2. The lowest BCUT2D eigenvalue weighted by molar-refractivity contribution is -0.111. The highest BCUT2D eigenvalue weighted by Crippen LogP contribution is 2.23. The SMILES string of the molecule is Cc1cccc(NC(=O)c2ccccc2NC(=O)/C=C/c2ccc(Br)s2)c1. The highest BCUT2D eigenvalue weighted by molar-refractivity contribution is 9.11. The van der Waals surface area contributed by atoms with Gasteiger partial charge < -0.3 is 10.6 Å². The minimum atomic E-state index is -0.296. The van der Waals surface area contributed by atoms with Crippen LogP contribution in [-0.4, -0.2) is 11.8 Å². The lowest BCUT2D eigenvalue weighted by atomic mass is 10.1. The summed E-state index contributed by atoms with van der Waals surface area (Å²) in [4.78, 5) is 25.8. The maximum Gasteiger partial charge on any atom is 0.257 e. The molecule has 0 bridgehead atoms. The predicted molar refractivity (Wildman–Crippen MR) is 115 cm³/mol. The summed E-state index contributed by atoms with van der Waals surface area (Å²) >= 11 is 4.92. The van der Waals surface area contributed by atoms with E-state index >= 15 is 0 Å². The Morgan fingerprint density at radius 2 is 1.81 bits per heavy atom. The van der Waals surface area contributed by atoms with Gasteiger partial charge in [-0.05, 0) is 70.9 Å². The third-order valence-electron chi connectivity index (χ3n) is 3.70. The van der Waals surface area contributed by atoms with Gasteiger partial charge in [-0.25, -0.2) is 0 Å². The first kappa shape index (κ1) is 19.1. The van der Waals surface area contributed by atoms with Gasteiger partial charge in [-0.1, -0.05) is 24.3 Å². The Kier molecular flexibility index (Phi) is 6.21. The molecule has 0 saturated carbocycles. The van der Waals surface area contributed by atoms with Gasteiger partial charge in [-0.3, -0.25) is 9.59 Å². The van der Waals surface area contributed by atoms with Crippen LogP contribution in [0.2, 0.25) is 0 Å². The Bertz CT molecular complexity index is 1010. The van der Waals surface area contributed by atoms with Crippen LogP contribution in [0.4, 0.5) is 11.4 Å². The van der Waals surface area contributed by atoms with E-state index in [4.69, 9.17) is 0 Å². The number of benzene rings is 2. The summed E-state index contributed by atoms with van der Waals surface area (Å²) in [7, 11) is 0. The molecule has 0 unspecified atom stereocenters. The molecule has 136 valence electrons. The number of anilines is 2. The minimum Gasteiger partial charge on any atom is -0.322 e. The van der Waals surface area contributed by atoms with Crippen LogP contribution in [0.15, 0.2) is 70.5 Å². The lowest BCUT2D eigenvalue weighted by Gasteiger charge is -2.11. The molecule has 4 nitrogen and oxygen atoms in total. The second-order valence-corrected chi connectivity index (χ2v) is 8.33. The van der Waals surface area contributed by atoms with Gasteiger partial charge in [0.05, 0.1) is 15.0 Å². The fourth-order valence-electron chi connectivity index (χ4n) is 2.46. The molecule has 1 heterocycles. The number of thiophene rings is 1. The van der Waals surface area contributed by atoms with E-state index < -0.39 is 0 Å². The van der Waals surface area contributed by atoms with Gasteiger partial charge in [0.25, 0.3) is 5.91 Å². The monoisotopic (exact) mass is 440 g/mol. The van der Waals surface area contributed by atoms with Gasteiger partial charge in [-0.2, -0.15) is 0 Å². The number of nitrogens with one attached hydrogen (secondary N) is 2. The topological polar surface area (TPSA) is 58.2 Å². The van der Waals surface area contributed by atoms with E-state index in [0.717, 1.165) is 14.2 Å². The number of hydrogen-bond acceptors (Lipinski definition) is 3. The van der Waals surface area contributed by atoms with Gasteiger partial charge in [0.1, 0.15) is 0 Å². The van der Waals surface area contributed by atoms with Gasteiger partial charge in [-0.15, -0.1) is 11.3 Å². The highest BCUT2D eigenvalue weighted by Gasteiger charge is 2.12. The zero-order valence-corrected chi connectivity index (χ0v) is 16.9. The van der Waals surface area contributed by atoms with E-state index in [1.165, 1.54) is 17.4 Å². The van der Waals surface area contributed by atoms with Crippen molar-refractivity contribution in [3.8, 4) is 0 Å². The lowest BCUT2D eigenvalue weighted by Crippen LogP contribution is -2.17. The molecule has 0 aliphatic heterocycles. The normalized spacial score (nSPS) is 10.7. The van der Waals surface area contributed by atoms with E-state index in [9.17, 15) is 9.59 Å². The minimum absolute atomic E-state index is 0.275. The third kappa shape index (κ3) is 5.39. The molecule has 3 aromatic rings. The second kappa shape index (κ2) is 8.79. The summed E-state index contributed by atoms with van der Waals surface area (Å²) in [5.41, 5.74) is 2.63. The molecular formula is C21H17BrN2O2S. The van der Waals surface area contributed by atoms with Gasteiger partial charge in [0, 0.05) is 16.6 Å². The first-order chi connectivity index (χ1) is 13.0. The predicted octanol–water partition coefficient (Wildman–Crippen LogP) is 5.72. The van der Waals surface area contributed by atoms with Crippen LogP contribution in [0.1, 0.15) is 20.8 Å². The average Bonchev–Trinajstić information content (AvgIpc) is 3.06. The molecule has 6 heteroatoms. The Morgan fingerprint density at radius 1 is 1.00 bits per heavy atom. The van der Waals surface area contributed by atoms with Crippen LogP contribution in [0.5, 0.6) is 0 Å². The number of halogens is 1. The number of hydrogen-bond donors (Lipinski definition) is 2. The average molecular weight is 441 g/mol. The molecular weight excluding hydrogens is 424 g/mol. The molecule has 3 rings (SSSR count). The van der Waals surface area contributed by atoms with Crippen molar-refractivity contribution in [1.29, 1.82) is 0 Å². The van der Waals surface area contributed by atoms with Crippen molar-refractivity contribution >= 4 is 56.5 Å². The van der Waals surface area contributed by atoms with Crippen molar-refractivity contribution in [2.45, 2.75) is 6.92 Å². The molecule has 0 aliphatic carbocycles. The Morgan fingerprint density at radius 3 is 2.56 bits per heavy atom. The van der Waals surface area contributed by atoms with Crippen LogP contribution < -0.4 is 10.6 Å². The maximum atomic E-state index is 12.6. The molecule has 0 aliphatic rings. The molecule has 27 heavy (non-hydrogen) atoms. The van der Waals surface area contributed by atoms with E-state index in [0.29, 0.717) is 16.9 Å². The third-order valence-corrected chi connectivity index (χ3v) is 5.29. The van der Waals surface area contributed by atoms with Crippen LogP contribution in [0, 0.1) is 6.92 Å². The van der Waals surface area contributed by atoms with E-state index in [2.05, 4.69) is 26.6 Å². The van der Waals surface area contributed by atoms with Gasteiger partial charge >= 0.3 is 0 Å². The molecule has 0 saturated heterocycles. The second-order valence-electron chi connectivity index (χ2n) is 5.83. The van der Waals surface area contributed by atoms with Crippen molar-refractivity contribution in [2.75, 3.05) is 10.6 Å². The molecule has 2 aromatic carbocycles. The molecule has 1 aromatic heterocycles. The Labute approximate surface area is 170 Å². The van der Waals surface area contributed by atoms with Crippen molar-refractivity contribution in [1.82, 2.24) is 0 Å². The summed E-state index contributed by atoms with van der Waals surface area (Å²) in [5.74, 6) is -0.571. The van der Waals surface area contributed by atoms with Crippen LogP contribution in [0.25, 0.3) is 6.08 Å². The van der Waals surface area contributed by atoms with Crippen LogP contribution in [0.3, 0.4) is 0 Å². The van der Waals surface area contributed by atoms with Gasteiger partial charge in [0.2, 0.25) is 5.91 Å². The zero-order chi connectivity index (χ0) is 19.2. The molecule has 0 spiro atoms. The molecule has 2 N–H and O–H groups in total. The van der Waals surface area contributed by atoms with Crippen LogP contribution >= 0.6 is 27.3 Å². The largest absolute Gasteiger partial charge is 0.322 e. The Balaban J connectivity index is 1.72. The number of rotatable bonds is 5. The van der Waals surface area contributed by atoms with Gasteiger partial charge in [0.15, 0.2) is 0 Å². The summed E-state index contributed by atoms with van der Waals surface area (Å²) in [6.07, 6.45) is 3.19. The van der Waals surface area contributed by atoms with Crippen LogP contribution in [-0.2, 0) is 4.79 Å². The first-order valence-corrected chi connectivity index (χ1v) is 9.84. The highest BCUT2D eigenvalue weighted by atomic mass is 79.9. The van der Waals surface area contributed by atoms with E-state index in [-0.39, 0.29) is 11.8 Å². The number of carbonyl (C=O) groups is 2. The summed E-state index contributed by atoms with van der Waals surface area (Å²) in [6.45, 7) is 1.96. The number of aryl methyl sites for hydroxylation is 1. The smallest absolute Gasteiger partial charge is 0.257 e. The van der Waals surface area contributed by atoms with E-state index in [1.54, 1.807) is 30.3 Å². The molecule has 0 radical (unpaired) electrons. The summed E-state index contributed by atoms with van der Waals surface area (Å²) in [5, 5.41) is 5.63. The zero-order valence-electron chi connectivity index (χ0n) is 14.5. The fourth-order valence-corrected chi connectivity index (χ4v) is 3.79. The van der Waals surface area contributed by atoms with Crippen molar-refractivity contribution < 1.29 is 9.59 Å². The first-order valence-electron chi connectivity index (χ1n) is 8.23. The van der Waals surface area contributed by atoms with E-state index in [1.807, 2.05) is 43.3 Å². The Hall–Kier alpha value is -2.70. The molecule has 0 fully saturated rings. The number of para-hydroxylation sites is 1. The summed E-state index contributed by atoms with van der Waals surface area (Å²) < 4.78 is 1.00. The summed E-state index contributed by atoms with van der Waals surface area (Å²) in [6, 6.07) is 18.3.